The van der Waals surface area contributed by atoms with E-state index in [0.29, 0.717) is 18.5 Å². The van der Waals surface area contributed by atoms with E-state index < -0.39 is 0 Å². The molecule has 2 heterocycles. The molecule has 0 saturated carbocycles. The standard InChI is InChI=1S/C17H30N4O2S.HI/c1-13(2)10-18-16(19-11-15(22)21(3)4)20-14-5-7-23-17(9-14)6-8-24-12-17;/h14H,1,5-12H2,2-4H3,(H2,18,19,20);1H. The van der Waals surface area contributed by atoms with Crippen molar-refractivity contribution in [1.29, 1.82) is 0 Å². The van der Waals surface area contributed by atoms with Gasteiger partial charge in [0.05, 0.1) is 5.60 Å². The Balaban J connectivity index is 0.00000312. The third-order valence-electron chi connectivity index (χ3n) is 4.33. The molecule has 0 radical (unpaired) electrons. The van der Waals surface area contributed by atoms with E-state index in [1.54, 1.807) is 19.0 Å². The second-order valence-electron chi connectivity index (χ2n) is 6.93. The SMILES string of the molecule is C=C(C)CNC(=NCC(=O)N(C)C)NC1CCOC2(CCSC2)C1.I. The second-order valence-corrected chi connectivity index (χ2v) is 8.04. The lowest BCUT2D eigenvalue weighted by molar-refractivity contribution is -0.127. The molecule has 2 unspecified atom stereocenters. The molecular formula is C17H31IN4O2S. The normalized spacial score (nSPS) is 26.0. The van der Waals surface area contributed by atoms with E-state index in [-0.39, 0.29) is 42.0 Å². The van der Waals surface area contributed by atoms with E-state index in [1.165, 1.54) is 5.75 Å². The van der Waals surface area contributed by atoms with Crippen LogP contribution in [0.2, 0.25) is 0 Å². The molecule has 2 N–H and O–H groups in total. The number of likely N-dealkylation sites (N-methyl/N-ethyl adjacent to an activating group) is 1. The largest absolute Gasteiger partial charge is 0.374 e. The molecule has 2 aliphatic heterocycles. The van der Waals surface area contributed by atoms with Gasteiger partial charge in [-0.1, -0.05) is 12.2 Å². The minimum atomic E-state index is -0.0120. The monoisotopic (exact) mass is 482 g/mol. The second kappa shape index (κ2) is 10.6. The Bertz CT molecular complexity index is 493. The molecule has 1 spiro atoms. The zero-order valence-electron chi connectivity index (χ0n) is 15.5. The fourth-order valence-corrected chi connectivity index (χ4v) is 4.26. The van der Waals surface area contributed by atoms with Crippen molar-refractivity contribution < 1.29 is 9.53 Å². The van der Waals surface area contributed by atoms with Crippen molar-refractivity contribution in [2.75, 3.05) is 45.3 Å². The van der Waals surface area contributed by atoms with Crippen molar-refractivity contribution in [2.45, 2.75) is 37.8 Å². The number of carbonyl (C=O) groups is 1. The molecular weight excluding hydrogens is 451 g/mol. The van der Waals surface area contributed by atoms with Gasteiger partial charge in [-0.25, -0.2) is 4.99 Å². The van der Waals surface area contributed by atoms with Gasteiger partial charge in [-0.15, -0.1) is 24.0 Å². The summed E-state index contributed by atoms with van der Waals surface area (Å²) in [5, 5.41) is 6.76. The predicted molar refractivity (Wildman–Crippen MR) is 116 cm³/mol. The van der Waals surface area contributed by atoms with Crippen molar-refractivity contribution in [3.05, 3.63) is 12.2 Å². The maximum atomic E-state index is 11.8. The zero-order chi connectivity index (χ0) is 17.6. The molecule has 2 atom stereocenters. The van der Waals surface area contributed by atoms with Crippen molar-refractivity contribution in [1.82, 2.24) is 15.5 Å². The van der Waals surface area contributed by atoms with Gasteiger partial charge in [-0.05, 0) is 31.9 Å². The first-order valence-electron chi connectivity index (χ1n) is 8.51. The molecule has 6 nitrogen and oxygen atoms in total. The van der Waals surface area contributed by atoms with E-state index in [0.717, 1.165) is 37.2 Å². The molecule has 2 rings (SSSR count). The Morgan fingerprint density at radius 3 is 2.84 bits per heavy atom. The Hall–Kier alpha value is -0.480. The Morgan fingerprint density at radius 2 is 2.24 bits per heavy atom. The van der Waals surface area contributed by atoms with Crippen LogP contribution in [0.15, 0.2) is 17.1 Å². The zero-order valence-corrected chi connectivity index (χ0v) is 18.6. The minimum Gasteiger partial charge on any atom is -0.374 e. The number of hydrogen-bond donors (Lipinski definition) is 2. The highest BCUT2D eigenvalue weighted by Crippen LogP contribution is 2.38. The number of guanidine groups is 1. The molecule has 1 amide bonds. The number of thioether (sulfide) groups is 1. The maximum absolute atomic E-state index is 11.8. The predicted octanol–water partition coefficient (Wildman–Crippen LogP) is 1.86. The summed E-state index contributed by atoms with van der Waals surface area (Å²) < 4.78 is 6.07. The number of nitrogens with one attached hydrogen (secondary N) is 2. The maximum Gasteiger partial charge on any atom is 0.243 e. The number of halogens is 1. The molecule has 2 fully saturated rings. The van der Waals surface area contributed by atoms with Crippen LogP contribution in [0.3, 0.4) is 0 Å². The first kappa shape index (κ1) is 22.6. The average molecular weight is 482 g/mol. The van der Waals surface area contributed by atoms with Crippen LogP contribution >= 0.6 is 35.7 Å². The summed E-state index contributed by atoms with van der Waals surface area (Å²) in [6, 6.07) is 0.322. The summed E-state index contributed by atoms with van der Waals surface area (Å²) in [7, 11) is 3.48. The summed E-state index contributed by atoms with van der Waals surface area (Å²) in [5.74, 6) is 2.93. The average Bonchev–Trinajstić information content (AvgIpc) is 2.97. The summed E-state index contributed by atoms with van der Waals surface area (Å²) in [4.78, 5) is 17.8. The first-order valence-corrected chi connectivity index (χ1v) is 9.67. The molecule has 0 aromatic rings. The van der Waals surface area contributed by atoms with Gasteiger partial charge < -0.3 is 20.3 Å². The van der Waals surface area contributed by atoms with E-state index in [9.17, 15) is 4.79 Å². The van der Waals surface area contributed by atoms with Gasteiger partial charge in [0.2, 0.25) is 5.91 Å². The highest BCUT2D eigenvalue weighted by Gasteiger charge is 2.40. The smallest absolute Gasteiger partial charge is 0.243 e. The van der Waals surface area contributed by atoms with Crippen LogP contribution in [0.1, 0.15) is 26.2 Å². The fourth-order valence-electron chi connectivity index (χ4n) is 2.88. The third kappa shape index (κ3) is 7.34. The van der Waals surface area contributed by atoms with Gasteiger partial charge in [-0.2, -0.15) is 11.8 Å². The summed E-state index contributed by atoms with van der Waals surface area (Å²) in [6.45, 7) is 7.45. The number of aliphatic imine (C=N–C) groups is 1. The van der Waals surface area contributed by atoms with E-state index in [4.69, 9.17) is 4.74 Å². The lowest BCUT2D eigenvalue weighted by Crippen LogP contribution is -2.52. The highest BCUT2D eigenvalue weighted by atomic mass is 127. The quantitative estimate of drug-likeness (QED) is 0.271. The Morgan fingerprint density at radius 1 is 1.48 bits per heavy atom. The summed E-state index contributed by atoms with van der Waals surface area (Å²) >= 11 is 1.97. The van der Waals surface area contributed by atoms with Crippen LogP contribution in [-0.4, -0.2) is 73.7 Å². The van der Waals surface area contributed by atoms with Crippen molar-refractivity contribution in [2.24, 2.45) is 4.99 Å². The lowest BCUT2D eigenvalue weighted by atomic mass is 9.90. The van der Waals surface area contributed by atoms with Gasteiger partial charge in [0.15, 0.2) is 5.96 Å². The van der Waals surface area contributed by atoms with E-state index >= 15 is 0 Å². The van der Waals surface area contributed by atoms with Gasteiger partial charge in [0, 0.05) is 39.0 Å². The molecule has 2 aliphatic rings. The molecule has 2 saturated heterocycles. The van der Waals surface area contributed by atoms with E-state index in [2.05, 4.69) is 22.2 Å². The number of rotatable bonds is 5. The number of amides is 1. The summed E-state index contributed by atoms with van der Waals surface area (Å²) in [6.07, 6.45) is 3.08. The summed E-state index contributed by atoms with van der Waals surface area (Å²) in [5.41, 5.74) is 1.05. The lowest BCUT2D eigenvalue weighted by Gasteiger charge is -2.38. The molecule has 0 aromatic carbocycles. The minimum absolute atomic E-state index is 0. The highest BCUT2D eigenvalue weighted by molar-refractivity contribution is 14.0. The van der Waals surface area contributed by atoms with E-state index in [1.807, 2.05) is 18.7 Å². The third-order valence-corrected chi connectivity index (χ3v) is 5.55. The van der Waals surface area contributed by atoms with Crippen molar-refractivity contribution in [3.63, 3.8) is 0 Å². The van der Waals surface area contributed by atoms with Gasteiger partial charge in [0.1, 0.15) is 6.54 Å². The fraction of sp³-hybridized carbons (Fsp3) is 0.765. The Labute approximate surface area is 172 Å². The number of nitrogens with zero attached hydrogens (tertiary/aromatic N) is 2. The molecule has 0 bridgehead atoms. The van der Waals surface area contributed by atoms with Crippen molar-refractivity contribution >= 4 is 47.6 Å². The van der Waals surface area contributed by atoms with Crippen LogP contribution in [-0.2, 0) is 9.53 Å². The van der Waals surface area contributed by atoms with Crippen molar-refractivity contribution in [3.8, 4) is 0 Å². The van der Waals surface area contributed by atoms with Crippen LogP contribution in [0, 0.1) is 0 Å². The van der Waals surface area contributed by atoms with Gasteiger partial charge >= 0.3 is 0 Å². The molecule has 0 aromatic heterocycles. The first-order chi connectivity index (χ1) is 11.4. The van der Waals surface area contributed by atoms with Crippen LogP contribution in [0.25, 0.3) is 0 Å². The molecule has 8 heteroatoms. The Kier molecular flexibility index (Phi) is 9.58. The number of ether oxygens (including phenoxy) is 1. The van der Waals surface area contributed by atoms with Gasteiger partial charge in [0.25, 0.3) is 0 Å². The molecule has 25 heavy (non-hydrogen) atoms. The van der Waals surface area contributed by atoms with Crippen LogP contribution in [0.4, 0.5) is 0 Å². The topological polar surface area (TPSA) is 66.0 Å². The number of carbonyl (C=O) groups excluding carboxylic acids is 1. The van der Waals surface area contributed by atoms with Gasteiger partial charge in [-0.3, -0.25) is 4.79 Å². The van der Waals surface area contributed by atoms with Crippen LogP contribution < -0.4 is 10.6 Å². The number of hydrogen-bond acceptors (Lipinski definition) is 4. The molecule has 144 valence electrons. The van der Waals surface area contributed by atoms with Crippen LogP contribution in [0.5, 0.6) is 0 Å². The molecule has 0 aliphatic carbocycles.